The summed E-state index contributed by atoms with van der Waals surface area (Å²) >= 11 is 12.2. The van der Waals surface area contributed by atoms with Gasteiger partial charge in [0.2, 0.25) is 0 Å². The van der Waals surface area contributed by atoms with E-state index in [-0.39, 0.29) is 5.91 Å². The number of carbonyl (C=O) groups excluding carboxylic acids is 1. The highest BCUT2D eigenvalue weighted by Gasteiger charge is 2.24. The molecule has 116 valence electrons. The molecule has 0 spiro atoms. The molecule has 0 aliphatic carbocycles. The number of pyridine rings is 1. The highest BCUT2D eigenvalue weighted by molar-refractivity contribution is 6.42. The van der Waals surface area contributed by atoms with Crippen molar-refractivity contribution < 1.29 is 9.21 Å². The average Bonchev–Trinajstić information content (AvgIpc) is 3.06. The molecule has 3 rings (SSSR count). The van der Waals surface area contributed by atoms with E-state index in [0.717, 1.165) is 18.8 Å². The van der Waals surface area contributed by atoms with Crippen LogP contribution < -0.4 is 0 Å². The molecule has 0 radical (unpaired) electrons. The second kappa shape index (κ2) is 6.69. The molecule has 0 unspecified atom stereocenters. The Morgan fingerprint density at radius 2 is 2.00 bits per heavy atom. The van der Waals surface area contributed by atoms with E-state index >= 15 is 0 Å². The van der Waals surface area contributed by atoms with Gasteiger partial charge in [0.05, 0.1) is 22.0 Å². The standard InChI is InChI=1S/C15H15Cl2N3O2/c16-11-3-4-18-12(14(11)17)10-19-5-7-20(8-6-19)15(21)13-2-1-9-22-13/h1-4,9H,5-8,10H2. The molecular weight excluding hydrogens is 325 g/mol. The molecule has 0 bridgehead atoms. The van der Waals surface area contributed by atoms with E-state index < -0.39 is 0 Å². The van der Waals surface area contributed by atoms with E-state index in [0.29, 0.717) is 35.4 Å². The van der Waals surface area contributed by atoms with E-state index in [2.05, 4.69) is 9.88 Å². The Hall–Kier alpha value is -1.56. The number of piperazine rings is 1. The Kier molecular flexibility index (Phi) is 4.66. The summed E-state index contributed by atoms with van der Waals surface area (Å²) in [5.41, 5.74) is 0.764. The van der Waals surface area contributed by atoms with Crippen LogP contribution in [0.5, 0.6) is 0 Å². The monoisotopic (exact) mass is 339 g/mol. The van der Waals surface area contributed by atoms with Crippen molar-refractivity contribution in [3.05, 3.63) is 52.2 Å². The Morgan fingerprint density at radius 3 is 2.68 bits per heavy atom. The minimum absolute atomic E-state index is 0.0661. The quantitative estimate of drug-likeness (QED) is 0.862. The third-order valence-electron chi connectivity index (χ3n) is 3.68. The summed E-state index contributed by atoms with van der Waals surface area (Å²) in [6, 6.07) is 5.08. The van der Waals surface area contributed by atoms with Gasteiger partial charge in [0.15, 0.2) is 5.76 Å². The van der Waals surface area contributed by atoms with Crippen LogP contribution in [0.25, 0.3) is 0 Å². The van der Waals surface area contributed by atoms with Gasteiger partial charge in [0.1, 0.15) is 0 Å². The molecule has 0 aromatic carbocycles. The minimum Gasteiger partial charge on any atom is -0.459 e. The molecule has 1 saturated heterocycles. The normalized spacial score (nSPS) is 16.0. The minimum atomic E-state index is -0.0661. The van der Waals surface area contributed by atoms with Gasteiger partial charge in [-0.1, -0.05) is 23.2 Å². The van der Waals surface area contributed by atoms with Gasteiger partial charge in [-0.05, 0) is 18.2 Å². The van der Waals surface area contributed by atoms with Crippen molar-refractivity contribution in [2.75, 3.05) is 26.2 Å². The maximum atomic E-state index is 12.2. The molecule has 5 nitrogen and oxygen atoms in total. The first-order chi connectivity index (χ1) is 10.6. The molecule has 0 atom stereocenters. The number of furan rings is 1. The fourth-order valence-corrected chi connectivity index (χ4v) is 2.78. The fraction of sp³-hybridized carbons (Fsp3) is 0.333. The van der Waals surface area contributed by atoms with Crippen LogP contribution >= 0.6 is 23.2 Å². The number of nitrogens with zero attached hydrogens (tertiary/aromatic N) is 3. The predicted octanol–water partition coefficient (Wildman–Crippen LogP) is 2.94. The van der Waals surface area contributed by atoms with Crippen molar-refractivity contribution in [3.8, 4) is 0 Å². The lowest BCUT2D eigenvalue weighted by Crippen LogP contribution is -2.48. The Balaban J connectivity index is 1.58. The molecule has 1 aliphatic heterocycles. The van der Waals surface area contributed by atoms with E-state index in [9.17, 15) is 4.79 Å². The summed E-state index contributed by atoms with van der Waals surface area (Å²) in [6.45, 7) is 3.45. The molecule has 22 heavy (non-hydrogen) atoms. The summed E-state index contributed by atoms with van der Waals surface area (Å²) in [6.07, 6.45) is 3.16. The molecule has 1 fully saturated rings. The molecule has 1 amide bonds. The van der Waals surface area contributed by atoms with Crippen LogP contribution in [0, 0.1) is 0 Å². The first-order valence-corrected chi connectivity index (χ1v) is 7.75. The van der Waals surface area contributed by atoms with Gasteiger partial charge in [-0.15, -0.1) is 0 Å². The highest BCUT2D eigenvalue weighted by Crippen LogP contribution is 2.25. The third kappa shape index (κ3) is 3.27. The third-order valence-corrected chi connectivity index (χ3v) is 4.51. The van der Waals surface area contributed by atoms with Crippen molar-refractivity contribution in [1.29, 1.82) is 0 Å². The number of rotatable bonds is 3. The zero-order chi connectivity index (χ0) is 15.5. The summed E-state index contributed by atoms with van der Waals surface area (Å²) in [4.78, 5) is 20.5. The zero-order valence-corrected chi connectivity index (χ0v) is 13.3. The van der Waals surface area contributed by atoms with Crippen LogP contribution in [0.1, 0.15) is 16.2 Å². The van der Waals surface area contributed by atoms with Crippen LogP contribution in [0.15, 0.2) is 35.1 Å². The van der Waals surface area contributed by atoms with Gasteiger partial charge in [0.25, 0.3) is 5.91 Å². The first-order valence-electron chi connectivity index (χ1n) is 6.99. The Labute approximate surface area is 138 Å². The van der Waals surface area contributed by atoms with Crippen molar-refractivity contribution in [2.24, 2.45) is 0 Å². The lowest BCUT2D eigenvalue weighted by atomic mass is 10.2. The summed E-state index contributed by atoms with van der Waals surface area (Å²) in [5.74, 6) is 0.316. The predicted molar refractivity (Wildman–Crippen MR) is 84.1 cm³/mol. The molecule has 0 saturated carbocycles. The summed E-state index contributed by atoms with van der Waals surface area (Å²) in [7, 11) is 0. The summed E-state index contributed by atoms with van der Waals surface area (Å²) < 4.78 is 5.15. The molecular formula is C15H15Cl2N3O2. The van der Waals surface area contributed by atoms with Crippen molar-refractivity contribution in [3.63, 3.8) is 0 Å². The van der Waals surface area contributed by atoms with Crippen molar-refractivity contribution in [2.45, 2.75) is 6.54 Å². The molecule has 2 aromatic heterocycles. The molecule has 2 aromatic rings. The Bertz CT molecular complexity index is 653. The fourth-order valence-electron chi connectivity index (χ4n) is 2.45. The van der Waals surface area contributed by atoms with Crippen LogP contribution in [-0.4, -0.2) is 46.9 Å². The van der Waals surface area contributed by atoms with Gasteiger partial charge in [-0.2, -0.15) is 0 Å². The lowest BCUT2D eigenvalue weighted by Gasteiger charge is -2.34. The number of hydrogen-bond donors (Lipinski definition) is 0. The van der Waals surface area contributed by atoms with Crippen LogP contribution in [-0.2, 0) is 6.54 Å². The first kappa shape index (κ1) is 15.3. The smallest absolute Gasteiger partial charge is 0.289 e. The van der Waals surface area contributed by atoms with Gasteiger partial charge in [0, 0.05) is 38.9 Å². The Morgan fingerprint density at radius 1 is 1.23 bits per heavy atom. The zero-order valence-electron chi connectivity index (χ0n) is 11.8. The van der Waals surface area contributed by atoms with Gasteiger partial charge >= 0.3 is 0 Å². The SMILES string of the molecule is O=C(c1ccco1)N1CCN(Cc2nccc(Cl)c2Cl)CC1. The van der Waals surface area contributed by atoms with Gasteiger partial charge in [-0.3, -0.25) is 14.7 Å². The molecule has 0 N–H and O–H groups in total. The van der Waals surface area contributed by atoms with E-state index in [1.165, 1.54) is 6.26 Å². The molecule has 1 aliphatic rings. The van der Waals surface area contributed by atoms with E-state index in [1.54, 1.807) is 29.3 Å². The lowest BCUT2D eigenvalue weighted by molar-refractivity contribution is 0.0596. The largest absolute Gasteiger partial charge is 0.459 e. The number of aromatic nitrogens is 1. The topological polar surface area (TPSA) is 49.6 Å². The molecule has 7 heteroatoms. The number of halogens is 2. The second-order valence-electron chi connectivity index (χ2n) is 5.10. The number of amides is 1. The maximum absolute atomic E-state index is 12.2. The van der Waals surface area contributed by atoms with Crippen LogP contribution in [0.2, 0.25) is 10.0 Å². The van der Waals surface area contributed by atoms with Crippen molar-refractivity contribution >= 4 is 29.1 Å². The average molecular weight is 340 g/mol. The molecule has 3 heterocycles. The second-order valence-corrected chi connectivity index (χ2v) is 5.88. The van der Waals surface area contributed by atoms with Gasteiger partial charge < -0.3 is 9.32 Å². The van der Waals surface area contributed by atoms with Crippen molar-refractivity contribution in [1.82, 2.24) is 14.8 Å². The van der Waals surface area contributed by atoms with Gasteiger partial charge in [-0.25, -0.2) is 0 Å². The highest BCUT2D eigenvalue weighted by atomic mass is 35.5. The maximum Gasteiger partial charge on any atom is 0.289 e. The number of carbonyl (C=O) groups is 1. The van der Waals surface area contributed by atoms with Crippen LogP contribution in [0.3, 0.4) is 0 Å². The van der Waals surface area contributed by atoms with E-state index in [1.807, 2.05) is 0 Å². The summed E-state index contributed by atoms with van der Waals surface area (Å²) in [5, 5.41) is 1.01. The van der Waals surface area contributed by atoms with E-state index in [4.69, 9.17) is 27.6 Å². The van der Waals surface area contributed by atoms with Crippen LogP contribution in [0.4, 0.5) is 0 Å². The number of hydrogen-bond acceptors (Lipinski definition) is 4.